The number of rotatable bonds is 5. The van der Waals surface area contributed by atoms with E-state index in [-0.39, 0.29) is 0 Å². The topological polar surface area (TPSA) is 26.3 Å². The third kappa shape index (κ3) is 3.32. The second kappa shape index (κ2) is 5.38. The Morgan fingerprint density at radius 1 is 1.29 bits per heavy atom. The van der Waals surface area contributed by atoms with Crippen LogP contribution in [0.25, 0.3) is 0 Å². The van der Waals surface area contributed by atoms with E-state index in [4.69, 9.17) is 4.74 Å². The zero-order valence-electron chi connectivity index (χ0n) is 9.42. The summed E-state index contributed by atoms with van der Waals surface area (Å²) in [7, 11) is 0. The van der Waals surface area contributed by atoms with Gasteiger partial charge < -0.3 is 4.74 Å². The SMILES string of the molecule is CC(C)CC1(COC=O)CCCCC1. The summed E-state index contributed by atoms with van der Waals surface area (Å²) in [4.78, 5) is 10.3. The lowest BCUT2D eigenvalue weighted by atomic mass is 9.70. The molecular formula is C12H22O2. The van der Waals surface area contributed by atoms with Gasteiger partial charge in [-0.1, -0.05) is 33.1 Å². The van der Waals surface area contributed by atoms with Gasteiger partial charge >= 0.3 is 0 Å². The molecule has 0 saturated heterocycles. The molecule has 1 fully saturated rings. The molecule has 0 atom stereocenters. The van der Waals surface area contributed by atoms with Crippen molar-refractivity contribution >= 4 is 6.47 Å². The number of hydrogen-bond acceptors (Lipinski definition) is 2. The van der Waals surface area contributed by atoms with Crippen LogP contribution in [0.2, 0.25) is 0 Å². The molecule has 0 aliphatic heterocycles. The van der Waals surface area contributed by atoms with Crippen molar-refractivity contribution < 1.29 is 9.53 Å². The first-order valence-corrected chi connectivity index (χ1v) is 5.74. The normalized spacial score (nSPS) is 20.8. The molecule has 0 amide bonds. The second-order valence-electron chi connectivity index (χ2n) is 5.07. The fourth-order valence-electron chi connectivity index (χ4n) is 2.79. The van der Waals surface area contributed by atoms with Gasteiger partial charge in [-0.2, -0.15) is 0 Å². The van der Waals surface area contributed by atoms with Crippen molar-refractivity contribution in [2.45, 2.75) is 52.4 Å². The number of carbonyl (C=O) groups excluding carboxylic acids is 1. The maximum Gasteiger partial charge on any atom is 0.293 e. The second-order valence-corrected chi connectivity index (χ2v) is 5.07. The van der Waals surface area contributed by atoms with E-state index in [2.05, 4.69) is 13.8 Å². The highest BCUT2D eigenvalue weighted by atomic mass is 16.5. The summed E-state index contributed by atoms with van der Waals surface area (Å²) in [6, 6.07) is 0. The smallest absolute Gasteiger partial charge is 0.293 e. The van der Waals surface area contributed by atoms with Crippen LogP contribution in [0.15, 0.2) is 0 Å². The van der Waals surface area contributed by atoms with Crippen LogP contribution in [-0.2, 0) is 9.53 Å². The quantitative estimate of drug-likeness (QED) is 0.634. The maximum atomic E-state index is 10.3. The molecule has 0 aromatic rings. The largest absolute Gasteiger partial charge is 0.467 e. The Hall–Kier alpha value is -0.530. The Morgan fingerprint density at radius 2 is 1.93 bits per heavy atom. The van der Waals surface area contributed by atoms with Crippen LogP contribution in [0.1, 0.15) is 52.4 Å². The molecule has 0 bridgehead atoms. The molecule has 0 unspecified atom stereocenters. The van der Waals surface area contributed by atoms with Gasteiger partial charge in [-0.3, -0.25) is 4.79 Å². The van der Waals surface area contributed by atoms with Gasteiger partial charge in [0.1, 0.15) is 0 Å². The Balaban J connectivity index is 2.51. The summed E-state index contributed by atoms with van der Waals surface area (Å²) in [6.07, 6.45) is 7.61. The minimum atomic E-state index is 0.299. The van der Waals surface area contributed by atoms with Crippen molar-refractivity contribution in [3.8, 4) is 0 Å². The lowest BCUT2D eigenvalue weighted by molar-refractivity contribution is -0.133. The zero-order valence-corrected chi connectivity index (χ0v) is 9.42. The van der Waals surface area contributed by atoms with Crippen LogP contribution in [-0.4, -0.2) is 13.1 Å². The van der Waals surface area contributed by atoms with Gasteiger partial charge in [0.25, 0.3) is 6.47 Å². The van der Waals surface area contributed by atoms with Crippen molar-refractivity contribution in [2.75, 3.05) is 6.61 Å². The van der Waals surface area contributed by atoms with Crippen molar-refractivity contribution in [3.63, 3.8) is 0 Å². The van der Waals surface area contributed by atoms with E-state index >= 15 is 0 Å². The van der Waals surface area contributed by atoms with Crippen LogP contribution in [0, 0.1) is 11.3 Å². The van der Waals surface area contributed by atoms with E-state index in [9.17, 15) is 4.79 Å². The maximum absolute atomic E-state index is 10.3. The molecule has 1 saturated carbocycles. The van der Waals surface area contributed by atoms with Crippen LogP contribution < -0.4 is 0 Å². The molecule has 2 heteroatoms. The van der Waals surface area contributed by atoms with Crippen molar-refractivity contribution in [1.82, 2.24) is 0 Å². The molecule has 0 N–H and O–H groups in total. The molecule has 1 aliphatic carbocycles. The predicted molar refractivity (Wildman–Crippen MR) is 57.0 cm³/mol. The van der Waals surface area contributed by atoms with Crippen LogP contribution in [0.5, 0.6) is 0 Å². The molecule has 0 aromatic carbocycles. The van der Waals surface area contributed by atoms with Gasteiger partial charge in [0.15, 0.2) is 0 Å². The third-order valence-corrected chi connectivity index (χ3v) is 3.21. The standard InChI is InChI=1S/C12H22O2/c1-11(2)8-12(9-14-10-13)6-4-3-5-7-12/h10-11H,3-9H2,1-2H3. The van der Waals surface area contributed by atoms with Gasteiger partial charge in [-0.25, -0.2) is 0 Å². The first-order valence-electron chi connectivity index (χ1n) is 5.74. The van der Waals surface area contributed by atoms with Gasteiger partial charge in [-0.15, -0.1) is 0 Å². The highest BCUT2D eigenvalue weighted by molar-refractivity contribution is 5.37. The summed E-state index contributed by atoms with van der Waals surface area (Å²) in [5.41, 5.74) is 0.299. The minimum absolute atomic E-state index is 0.299. The average Bonchev–Trinajstić information content (AvgIpc) is 2.15. The van der Waals surface area contributed by atoms with E-state index in [1.807, 2.05) is 0 Å². The van der Waals surface area contributed by atoms with Gasteiger partial charge in [0, 0.05) is 5.41 Å². The van der Waals surface area contributed by atoms with Gasteiger partial charge in [0.2, 0.25) is 0 Å². The van der Waals surface area contributed by atoms with E-state index in [0.29, 0.717) is 24.4 Å². The molecule has 1 rings (SSSR count). The zero-order chi connectivity index (χ0) is 10.4. The van der Waals surface area contributed by atoms with Crippen LogP contribution >= 0.6 is 0 Å². The highest BCUT2D eigenvalue weighted by Crippen LogP contribution is 2.41. The first-order chi connectivity index (χ1) is 6.68. The van der Waals surface area contributed by atoms with Crippen molar-refractivity contribution in [3.05, 3.63) is 0 Å². The fourth-order valence-corrected chi connectivity index (χ4v) is 2.79. The lowest BCUT2D eigenvalue weighted by Crippen LogP contribution is -2.31. The summed E-state index contributed by atoms with van der Waals surface area (Å²) in [5, 5.41) is 0. The fraction of sp³-hybridized carbons (Fsp3) is 0.917. The lowest BCUT2D eigenvalue weighted by Gasteiger charge is -2.37. The van der Waals surface area contributed by atoms with Gasteiger partial charge in [0.05, 0.1) is 6.61 Å². The van der Waals surface area contributed by atoms with Crippen LogP contribution in [0.3, 0.4) is 0 Å². The summed E-state index contributed by atoms with van der Waals surface area (Å²) >= 11 is 0. The highest BCUT2D eigenvalue weighted by Gasteiger charge is 2.33. The van der Waals surface area contributed by atoms with Crippen LogP contribution in [0.4, 0.5) is 0 Å². The molecule has 0 heterocycles. The molecular weight excluding hydrogens is 176 g/mol. The number of hydrogen-bond donors (Lipinski definition) is 0. The molecule has 0 aromatic heterocycles. The Kier molecular flexibility index (Phi) is 4.43. The molecule has 1 aliphatic rings. The molecule has 14 heavy (non-hydrogen) atoms. The number of ether oxygens (including phenoxy) is 1. The number of carbonyl (C=O) groups is 1. The summed E-state index contributed by atoms with van der Waals surface area (Å²) in [6.45, 7) is 5.72. The third-order valence-electron chi connectivity index (χ3n) is 3.21. The van der Waals surface area contributed by atoms with Crippen molar-refractivity contribution in [2.24, 2.45) is 11.3 Å². The van der Waals surface area contributed by atoms with Gasteiger partial charge in [-0.05, 0) is 25.2 Å². The van der Waals surface area contributed by atoms with E-state index < -0.39 is 0 Å². The minimum Gasteiger partial charge on any atom is -0.467 e. The summed E-state index contributed by atoms with van der Waals surface area (Å²) in [5.74, 6) is 0.698. The van der Waals surface area contributed by atoms with E-state index in [0.717, 1.165) is 0 Å². The Morgan fingerprint density at radius 3 is 2.43 bits per heavy atom. The average molecular weight is 198 g/mol. The first kappa shape index (κ1) is 11.5. The monoisotopic (exact) mass is 198 g/mol. The molecule has 82 valence electrons. The van der Waals surface area contributed by atoms with Crippen molar-refractivity contribution in [1.29, 1.82) is 0 Å². The van der Waals surface area contributed by atoms with E-state index in [1.54, 1.807) is 0 Å². The molecule has 0 spiro atoms. The predicted octanol–water partition coefficient (Wildman–Crippen LogP) is 3.16. The summed E-state index contributed by atoms with van der Waals surface area (Å²) < 4.78 is 5.00. The molecule has 2 nitrogen and oxygen atoms in total. The Bertz CT molecular complexity index is 169. The Labute approximate surface area is 87.0 Å². The molecule has 0 radical (unpaired) electrons. The van der Waals surface area contributed by atoms with E-state index in [1.165, 1.54) is 38.5 Å².